The third-order valence-electron chi connectivity index (χ3n) is 3.72. The molecule has 0 bridgehead atoms. The highest BCUT2D eigenvalue weighted by Crippen LogP contribution is 2.24. The second kappa shape index (κ2) is 5.85. The molecule has 1 fully saturated rings. The van der Waals surface area contributed by atoms with E-state index in [2.05, 4.69) is 53.1 Å². The monoisotopic (exact) mass is 272 g/mol. The van der Waals surface area contributed by atoms with Crippen LogP contribution in [0.25, 0.3) is 10.8 Å². The van der Waals surface area contributed by atoms with E-state index in [4.69, 9.17) is 5.73 Å². The molecule has 1 aliphatic rings. The Labute approximate surface area is 119 Å². The zero-order valence-electron chi connectivity index (χ0n) is 11.1. The third-order valence-corrected chi connectivity index (χ3v) is 4.76. The van der Waals surface area contributed by atoms with Crippen LogP contribution in [0.5, 0.6) is 0 Å². The third kappa shape index (κ3) is 3.04. The molecule has 3 heteroatoms. The maximum absolute atomic E-state index is 6.21. The minimum atomic E-state index is 0.926. The second-order valence-corrected chi connectivity index (χ2v) is 6.36. The largest absolute Gasteiger partial charge is 0.398 e. The fraction of sp³-hybridized carbons (Fsp3) is 0.375. The van der Waals surface area contributed by atoms with Gasteiger partial charge >= 0.3 is 0 Å². The second-order valence-electron chi connectivity index (χ2n) is 5.14. The number of nitrogens with two attached hydrogens (primary N) is 1. The van der Waals surface area contributed by atoms with Crippen molar-refractivity contribution in [1.29, 1.82) is 0 Å². The van der Waals surface area contributed by atoms with Gasteiger partial charge in [-0.15, -0.1) is 0 Å². The summed E-state index contributed by atoms with van der Waals surface area (Å²) in [6.07, 6.45) is 1.29. The van der Waals surface area contributed by atoms with Gasteiger partial charge < -0.3 is 5.73 Å². The molecule has 1 aliphatic heterocycles. The fourth-order valence-corrected chi connectivity index (χ4v) is 3.56. The maximum Gasteiger partial charge on any atom is 0.0366 e. The van der Waals surface area contributed by atoms with Crippen molar-refractivity contribution in [3.63, 3.8) is 0 Å². The standard InChI is InChI=1S/C16H20N2S/c17-16-11-14-5-2-1-4-13(14)10-15(16)12-18-6-3-8-19-9-7-18/h1-2,4-5,10-11H,3,6-9,12,17H2. The van der Waals surface area contributed by atoms with Gasteiger partial charge in [0.05, 0.1) is 0 Å². The average Bonchev–Trinajstić information content (AvgIpc) is 2.68. The Hall–Kier alpha value is -1.19. The van der Waals surface area contributed by atoms with Crippen molar-refractivity contribution in [2.24, 2.45) is 0 Å². The summed E-state index contributed by atoms with van der Waals surface area (Å²) in [5, 5.41) is 2.52. The molecule has 3 rings (SSSR count). The van der Waals surface area contributed by atoms with Crippen LogP contribution in [0.3, 0.4) is 0 Å². The lowest BCUT2D eigenvalue weighted by atomic mass is 10.0. The first-order valence-corrected chi connectivity index (χ1v) is 8.06. The van der Waals surface area contributed by atoms with Crippen molar-refractivity contribution in [3.8, 4) is 0 Å². The summed E-state index contributed by atoms with van der Waals surface area (Å²) in [6, 6.07) is 12.8. The van der Waals surface area contributed by atoms with Crippen LogP contribution in [0.15, 0.2) is 36.4 Å². The predicted octanol–water partition coefficient (Wildman–Crippen LogP) is 3.36. The van der Waals surface area contributed by atoms with Gasteiger partial charge in [0.25, 0.3) is 0 Å². The first-order chi connectivity index (χ1) is 9.33. The fourth-order valence-electron chi connectivity index (χ4n) is 2.64. The molecule has 0 spiro atoms. The van der Waals surface area contributed by atoms with Gasteiger partial charge in [-0.3, -0.25) is 4.90 Å². The smallest absolute Gasteiger partial charge is 0.0366 e. The molecule has 2 aromatic rings. The molecular weight excluding hydrogens is 252 g/mol. The SMILES string of the molecule is Nc1cc2ccccc2cc1CN1CCCSCC1. The summed E-state index contributed by atoms with van der Waals surface area (Å²) in [6.45, 7) is 3.35. The van der Waals surface area contributed by atoms with Crippen LogP contribution >= 0.6 is 11.8 Å². The Morgan fingerprint density at radius 2 is 1.84 bits per heavy atom. The first-order valence-electron chi connectivity index (χ1n) is 6.90. The Kier molecular flexibility index (Phi) is 3.95. The van der Waals surface area contributed by atoms with Gasteiger partial charge in [0.1, 0.15) is 0 Å². The number of thioether (sulfide) groups is 1. The summed E-state index contributed by atoms with van der Waals surface area (Å²) in [5.41, 5.74) is 8.41. The quantitative estimate of drug-likeness (QED) is 0.850. The lowest BCUT2D eigenvalue weighted by Crippen LogP contribution is -2.25. The summed E-state index contributed by atoms with van der Waals surface area (Å²) < 4.78 is 0. The highest BCUT2D eigenvalue weighted by molar-refractivity contribution is 7.99. The molecule has 2 N–H and O–H groups in total. The van der Waals surface area contributed by atoms with Crippen molar-refractivity contribution in [3.05, 3.63) is 42.0 Å². The maximum atomic E-state index is 6.21. The van der Waals surface area contributed by atoms with E-state index in [9.17, 15) is 0 Å². The Balaban J connectivity index is 1.85. The van der Waals surface area contributed by atoms with Gasteiger partial charge in [0, 0.05) is 24.5 Å². The van der Waals surface area contributed by atoms with Gasteiger partial charge in [-0.1, -0.05) is 24.3 Å². The first kappa shape index (κ1) is 12.8. The summed E-state index contributed by atoms with van der Waals surface area (Å²) in [7, 11) is 0. The normalized spacial score (nSPS) is 17.5. The number of hydrogen-bond acceptors (Lipinski definition) is 3. The Bertz CT molecular complexity index is 560. The van der Waals surface area contributed by atoms with Gasteiger partial charge in [0.15, 0.2) is 0 Å². The van der Waals surface area contributed by atoms with Gasteiger partial charge in [-0.2, -0.15) is 11.8 Å². The molecule has 2 nitrogen and oxygen atoms in total. The molecule has 0 aliphatic carbocycles. The molecule has 19 heavy (non-hydrogen) atoms. The summed E-state index contributed by atoms with van der Waals surface area (Å²) in [4.78, 5) is 2.53. The highest BCUT2D eigenvalue weighted by atomic mass is 32.2. The topological polar surface area (TPSA) is 29.3 Å². The van der Waals surface area contributed by atoms with Gasteiger partial charge in [-0.05, 0) is 47.2 Å². The number of anilines is 1. The van der Waals surface area contributed by atoms with Crippen LogP contribution in [0.1, 0.15) is 12.0 Å². The van der Waals surface area contributed by atoms with Crippen molar-refractivity contribution < 1.29 is 0 Å². The van der Waals surface area contributed by atoms with E-state index in [1.54, 1.807) is 0 Å². The average molecular weight is 272 g/mol. The lowest BCUT2D eigenvalue weighted by Gasteiger charge is -2.20. The minimum absolute atomic E-state index is 0.926. The number of fused-ring (bicyclic) bond motifs is 1. The molecule has 1 saturated heterocycles. The van der Waals surface area contributed by atoms with Crippen molar-refractivity contribution >= 4 is 28.2 Å². The van der Waals surface area contributed by atoms with E-state index in [0.29, 0.717) is 0 Å². The Morgan fingerprint density at radius 1 is 1.05 bits per heavy atom. The summed E-state index contributed by atoms with van der Waals surface area (Å²) in [5.74, 6) is 2.54. The van der Waals surface area contributed by atoms with Crippen LogP contribution in [-0.4, -0.2) is 29.5 Å². The molecule has 0 atom stereocenters. The molecule has 0 saturated carbocycles. The van der Waals surface area contributed by atoms with Crippen LogP contribution in [0.4, 0.5) is 5.69 Å². The minimum Gasteiger partial charge on any atom is -0.398 e. The number of rotatable bonds is 2. The molecule has 100 valence electrons. The number of benzene rings is 2. The molecule has 1 heterocycles. The van der Waals surface area contributed by atoms with E-state index < -0.39 is 0 Å². The lowest BCUT2D eigenvalue weighted by molar-refractivity contribution is 0.288. The molecule has 0 aromatic heterocycles. The van der Waals surface area contributed by atoms with Crippen LogP contribution < -0.4 is 5.73 Å². The number of nitrogen functional groups attached to an aromatic ring is 1. The highest BCUT2D eigenvalue weighted by Gasteiger charge is 2.11. The van der Waals surface area contributed by atoms with Crippen LogP contribution in [0, 0.1) is 0 Å². The molecule has 0 unspecified atom stereocenters. The van der Waals surface area contributed by atoms with Crippen molar-refractivity contribution in [1.82, 2.24) is 4.90 Å². The zero-order chi connectivity index (χ0) is 13.1. The number of hydrogen-bond donors (Lipinski definition) is 1. The van der Waals surface area contributed by atoms with Gasteiger partial charge in [0.2, 0.25) is 0 Å². The van der Waals surface area contributed by atoms with E-state index in [0.717, 1.165) is 12.2 Å². The van der Waals surface area contributed by atoms with Crippen LogP contribution in [-0.2, 0) is 6.54 Å². The van der Waals surface area contributed by atoms with E-state index in [1.807, 2.05) is 0 Å². The van der Waals surface area contributed by atoms with E-state index in [1.165, 1.54) is 47.4 Å². The predicted molar refractivity (Wildman–Crippen MR) is 85.6 cm³/mol. The molecule has 0 amide bonds. The molecular formula is C16H20N2S. The molecule has 0 radical (unpaired) electrons. The zero-order valence-corrected chi connectivity index (χ0v) is 12.0. The molecule has 2 aromatic carbocycles. The van der Waals surface area contributed by atoms with Crippen molar-refractivity contribution in [2.45, 2.75) is 13.0 Å². The van der Waals surface area contributed by atoms with Crippen molar-refractivity contribution in [2.75, 3.05) is 30.3 Å². The number of nitrogens with zero attached hydrogens (tertiary/aromatic N) is 1. The summed E-state index contributed by atoms with van der Waals surface area (Å²) >= 11 is 2.06. The van der Waals surface area contributed by atoms with Crippen LogP contribution in [0.2, 0.25) is 0 Å². The van der Waals surface area contributed by atoms with E-state index >= 15 is 0 Å². The van der Waals surface area contributed by atoms with E-state index in [-0.39, 0.29) is 0 Å². The van der Waals surface area contributed by atoms with Gasteiger partial charge in [-0.25, -0.2) is 0 Å². The Morgan fingerprint density at radius 3 is 2.68 bits per heavy atom.